The zero-order valence-electron chi connectivity index (χ0n) is 13.7. The first-order valence-corrected chi connectivity index (χ1v) is 8.75. The number of carbonyl (C=O) groups excluding carboxylic acids is 2. The summed E-state index contributed by atoms with van der Waals surface area (Å²) in [4.78, 5) is 25.9. The van der Waals surface area contributed by atoms with Gasteiger partial charge in [0.25, 0.3) is 0 Å². The molecule has 23 heavy (non-hydrogen) atoms. The highest BCUT2D eigenvalue weighted by Gasteiger charge is 2.34. The Morgan fingerprint density at radius 3 is 2.65 bits per heavy atom. The van der Waals surface area contributed by atoms with Gasteiger partial charge in [-0.25, -0.2) is 4.79 Å². The van der Waals surface area contributed by atoms with Crippen LogP contribution < -0.4 is 5.32 Å². The molecule has 0 aromatic carbocycles. The highest BCUT2D eigenvalue weighted by molar-refractivity contribution is 7.15. The molecular formula is C15H22N4O3S. The van der Waals surface area contributed by atoms with Crippen LogP contribution in [0.1, 0.15) is 51.0 Å². The lowest BCUT2D eigenvalue weighted by molar-refractivity contribution is -0.119. The fourth-order valence-electron chi connectivity index (χ4n) is 2.45. The van der Waals surface area contributed by atoms with Crippen LogP contribution in [0.15, 0.2) is 0 Å². The van der Waals surface area contributed by atoms with Crippen LogP contribution >= 0.6 is 11.3 Å². The largest absolute Gasteiger partial charge is 0.444 e. The van der Waals surface area contributed by atoms with E-state index in [-0.39, 0.29) is 17.9 Å². The average Bonchev–Trinajstić information content (AvgIpc) is 3.00. The lowest BCUT2D eigenvalue weighted by Crippen LogP contribution is -2.36. The first-order chi connectivity index (χ1) is 10.8. The number of hydrogen-bond donors (Lipinski definition) is 1. The van der Waals surface area contributed by atoms with Gasteiger partial charge in [-0.1, -0.05) is 11.3 Å². The van der Waals surface area contributed by atoms with E-state index in [4.69, 9.17) is 4.74 Å². The molecule has 1 aliphatic heterocycles. The minimum absolute atomic E-state index is 0.102. The van der Waals surface area contributed by atoms with Gasteiger partial charge in [0, 0.05) is 19.0 Å². The van der Waals surface area contributed by atoms with E-state index in [2.05, 4.69) is 15.5 Å². The quantitative estimate of drug-likeness (QED) is 0.916. The second-order valence-electron chi connectivity index (χ2n) is 7.12. The minimum Gasteiger partial charge on any atom is -0.444 e. The third-order valence-corrected chi connectivity index (χ3v) is 4.81. The standard InChI is InChI=1S/C15H22N4O3S/c1-15(2,3)22-14(21)19-7-6-10(8-19)11(20)16-13-18-17-12(23-13)9-4-5-9/h9-10H,4-8H2,1-3H3,(H,16,18,20)/t10-/m1/s1. The van der Waals surface area contributed by atoms with E-state index in [0.29, 0.717) is 30.6 Å². The van der Waals surface area contributed by atoms with E-state index >= 15 is 0 Å². The number of nitrogens with zero attached hydrogens (tertiary/aromatic N) is 3. The molecule has 1 saturated carbocycles. The van der Waals surface area contributed by atoms with E-state index in [1.54, 1.807) is 4.90 Å². The van der Waals surface area contributed by atoms with Crippen molar-refractivity contribution >= 4 is 28.5 Å². The molecule has 0 spiro atoms. The van der Waals surface area contributed by atoms with E-state index in [1.807, 2.05) is 20.8 Å². The summed E-state index contributed by atoms with van der Waals surface area (Å²) < 4.78 is 5.34. The van der Waals surface area contributed by atoms with Crippen molar-refractivity contribution in [3.05, 3.63) is 5.01 Å². The molecule has 1 atom stereocenters. The lowest BCUT2D eigenvalue weighted by Gasteiger charge is -2.24. The molecule has 126 valence electrons. The van der Waals surface area contributed by atoms with Gasteiger partial charge in [-0.15, -0.1) is 10.2 Å². The molecule has 2 fully saturated rings. The predicted octanol–water partition coefficient (Wildman–Crippen LogP) is 2.61. The van der Waals surface area contributed by atoms with Crippen LogP contribution in [0.25, 0.3) is 0 Å². The minimum atomic E-state index is -0.525. The topological polar surface area (TPSA) is 84.4 Å². The Balaban J connectivity index is 1.51. The Morgan fingerprint density at radius 2 is 2.00 bits per heavy atom. The van der Waals surface area contributed by atoms with Gasteiger partial charge in [0.2, 0.25) is 11.0 Å². The number of ether oxygens (including phenoxy) is 1. The molecular weight excluding hydrogens is 316 g/mol. The molecule has 1 N–H and O–H groups in total. The molecule has 1 aromatic rings. The van der Waals surface area contributed by atoms with E-state index in [1.165, 1.54) is 11.3 Å². The predicted molar refractivity (Wildman–Crippen MR) is 86.4 cm³/mol. The second-order valence-corrected chi connectivity index (χ2v) is 8.13. The third kappa shape index (κ3) is 4.19. The molecule has 0 unspecified atom stereocenters. The average molecular weight is 338 g/mol. The zero-order chi connectivity index (χ0) is 16.6. The van der Waals surface area contributed by atoms with E-state index in [9.17, 15) is 9.59 Å². The summed E-state index contributed by atoms with van der Waals surface area (Å²) >= 11 is 1.45. The number of rotatable bonds is 3. The summed E-state index contributed by atoms with van der Waals surface area (Å²) in [5.74, 6) is 0.206. The molecule has 0 radical (unpaired) electrons. The highest BCUT2D eigenvalue weighted by Crippen LogP contribution is 2.42. The maximum absolute atomic E-state index is 12.3. The fourth-order valence-corrected chi connectivity index (χ4v) is 3.37. The van der Waals surface area contributed by atoms with Crippen LogP contribution in [0.4, 0.5) is 9.93 Å². The second kappa shape index (κ2) is 6.07. The van der Waals surface area contributed by atoms with Crippen LogP contribution in [-0.2, 0) is 9.53 Å². The lowest BCUT2D eigenvalue weighted by atomic mass is 10.1. The van der Waals surface area contributed by atoms with Crippen molar-refractivity contribution < 1.29 is 14.3 Å². The molecule has 1 saturated heterocycles. The Morgan fingerprint density at radius 1 is 1.26 bits per heavy atom. The molecule has 2 aliphatic rings. The van der Waals surface area contributed by atoms with Crippen LogP contribution in [0.5, 0.6) is 0 Å². The summed E-state index contributed by atoms with van der Waals surface area (Å²) in [7, 11) is 0. The molecule has 3 rings (SSSR count). The van der Waals surface area contributed by atoms with Crippen LogP contribution in [-0.4, -0.2) is 45.8 Å². The highest BCUT2D eigenvalue weighted by atomic mass is 32.1. The van der Waals surface area contributed by atoms with Gasteiger partial charge in [0.05, 0.1) is 5.92 Å². The van der Waals surface area contributed by atoms with Crippen molar-refractivity contribution in [2.45, 2.75) is 51.6 Å². The van der Waals surface area contributed by atoms with Crippen molar-refractivity contribution in [3.63, 3.8) is 0 Å². The Kier molecular flexibility index (Phi) is 4.27. The molecule has 1 aromatic heterocycles. The fraction of sp³-hybridized carbons (Fsp3) is 0.733. The Labute approximate surface area is 139 Å². The first-order valence-electron chi connectivity index (χ1n) is 7.94. The molecule has 1 aliphatic carbocycles. The van der Waals surface area contributed by atoms with Gasteiger partial charge >= 0.3 is 6.09 Å². The number of anilines is 1. The first kappa shape index (κ1) is 16.2. The maximum atomic E-state index is 12.3. The summed E-state index contributed by atoms with van der Waals surface area (Å²) in [6.07, 6.45) is 2.60. The SMILES string of the molecule is CC(C)(C)OC(=O)N1CC[C@@H](C(=O)Nc2nnc(C3CC3)s2)C1. The van der Waals surface area contributed by atoms with Crippen molar-refractivity contribution in [3.8, 4) is 0 Å². The van der Waals surface area contributed by atoms with E-state index in [0.717, 1.165) is 17.8 Å². The maximum Gasteiger partial charge on any atom is 0.410 e. The summed E-state index contributed by atoms with van der Waals surface area (Å²) in [6.45, 7) is 6.42. The zero-order valence-corrected chi connectivity index (χ0v) is 14.5. The van der Waals surface area contributed by atoms with Crippen LogP contribution in [0.2, 0.25) is 0 Å². The van der Waals surface area contributed by atoms with Gasteiger partial charge in [-0.3, -0.25) is 4.79 Å². The Bertz CT molecular complexity index is 606. The molecule has 8 heteroatoms. The summed E-state index contributed by atoms with van der Waals surface area (Å²) in [6, 6.07) is 0. The van der Waals surface area contributed by atoms with Gasteiger partial charge in [0.1, 0.15) is 10.6 Å². The number of likely N-dealkylation sites (tertiary alicyclic amines) is 1. The monoisotopic (exact) mass is 338 g/mol. The van der Waals surface area contributed by atoms with Crippen LogP contribution in [0, 0.1) is 5.92 Å². The number of carbonyl (C=O) groups is 2. The molecule has 2 amide bonds. The van der Waals surface area contributed by atoms with Crippen molar-refractivity contribution in [1.82, 2.24) is 15.1 Å². The summed E-state index contributed by atoms with van der Waals surface area (Å²) in [5.41, 5.74) is -0.525. The molecule has 2 heterocycles. The van der Waals surface area contributed by atoms with Gasteiger partial charge in [-0.05, 0) is 40.0 Å². The van der Waals surface area contributed by atoms with Crippen molar-refractivity contribution in [2.24, 2.45) is 5.92 Å². The smallest absolute Gasteiger partial charge is 0.410 e. The van der Waals surface area contributed by atoms with Crippen molar-refractivity contribution in [2.75, 3.05) is 18.4 Å². The molecule has 0 bridgehead atoms. The Hall–Kier alpha value is -1.70. The molecule has 7 nitrogen and oxygen atoms in total. The van der Waals surface area contributed by atoms with Gasteiger partial charge in [-0.2, -0.15) is 0 Å². The number of nitrogens with one attached hydrogen (secondary N) is 1. The number of amides is 2. The normalized spacial score (nSPS) is 21.3. The number of hydrogen-bond acceptors (Lipinski definition) is 6. The third-order valence-electron chi connectivity index (χ3n) is 3.81. The van der Waals surface area contributed by atoms with Gasteiger partial charge in [0.15, 0.2) is 0 Å². The van der Waals surface area contributed by atoms with Crippen molar-refractivity contribution in [1.29, 1.82) is 0 Å². The van der Waals surface area contributed by atoms with Gasteiger partial charge < -0.3 is 15.0 Å². The summed E-state index contributed by atoms with van der Waals surface area (Å²) in [5, 5.41) is 12.5. The van der Waals surface area contributed by atoms with Crippen LogP contribution in [0.3, 0.4) is 0 Å². The van der Waals surface area contributed by atoms with E-state index < -0.39 is 5.60 Å². The number of aromatic nitrogens is 2.